The Kier molecular flexibility index (Phi) is 36.6. The summed E-state index contributed by atoms with van der Waals surface area (Å²) in [5.41, 5.74) is 0. The fourth-order valence-corrected chi connectivity index (χ4v) is 6.60. The lowest BCUT2D eigenvalue weighted by atomic mass is 10.1. The van der Waals surface area contributed by atoms with Crippen molar-refractivity contribution >= 4 is 19.8 Å². The molecule has 0 spiro atoms. The van der Waals surface area contributed by atoms with Crippen LogP contribution in [0, 0.1) is 0 Å². The molecule has 0 bridgehead atoms. The third kappa shape index (κ3) is 41.7. The Morgan fingerprint density at radius 3 is 1.49 bits per heavy atom. The van der Waals surface area contributed by atoms with Gasteiger partial charge in [-0.1, -0.05) is 140 Å². The van der Waals surface area contributed by atoms with E-state index in [0.717, 1.165) is 70.6 Å². The number of rotatable bonds is 40. The van der Waals surface area contributed by atoms with E-state index in [-0.39, 0.29) is 32.0 Å². The molecule has 10 heteroatoms. The van der Waals surface area contributed by atoms with Crippen molar-refractivity contribution in [3.8, 4) is 0 Å². The number of likely N-dealkylation sites (N-methyl/N-ethyl adjacent to an activating group) is 1. The van der Waals surface area contributed by atoms with Crippen LogP contribution in [-0.2, 0) is 32.7 Å². The van der Waals surface area contributed by atoms with E-state index >= 15 is 0 Å². The molecule has 9 nitrogen and oxygen atoms in total. The standard InChI is InChI=1S/C45H84NO8P/c1-6-8-10-12-14-16-18-20-22-23-24-26-28-30-32-34-36-38-45(48)54-43(42-53-55(49,50)52-40-39-46(3,4)5)41-51-44(47)37-35-33-31-29-27-25-21-19-17-15-13-11-9-7-2/h14,16,19-22,43H,6-13,15,17-18,23-42H2,1-5H3/p+1/b16-14-,21-19-,22-20-. The van der Waals surface area contributed by atoms with Gasteiger partial charge >= 0.3 is 19.8 Å². The molecule has 0 rings (SSSR count). The summed E-state index contributed by atoms with van der Waals surface area (Å²) in [5, 5.41) is 0. The van der Waals surface area contributed by atoms with Crippen LogP contribution in [0.1, 0.15) is 187 Å². The Bertz CT molecular complexity index is 1040. The Hall–Kier alpha value is -1.77. The number of hydrogen-bond acceptors (Lipinski definition) is 7. The maximum atomic E-state index is 12.7. The van der Waals surface area contributed by atoms with E-state index in [2.05, 4.69) is 50.3 Å². The molecule has 0 aromatic carbocycles. The van der Waals surface area contributed by atoms with Gasteiger partial charge in [-0.05, 0) is 70.6 Å². The fraction of sp³-hybridized carbons (Fsp3) is 0.822. The number of ether oxygens (including phenoxy) is 2. The lowest BCUT2D eigenvalue weighted by Gasteiger charge is -2.24. The Morgan fingerprint density at radius 1 is 0.564 bits per heavy atom. The molecule has 55 heavy (non-hydrogen) atoms. The molecule has 0 saturated heterocycles. The number of unbranched alkanes of at least 4 members (excludes halogenated alkanes) is 20. The lowest BCUT2D eigenvalue weighted by molar-refractivity contribution is -0.870. The van der Waals surface area contributed by atoms with Crippen LogP contribution in [0.3, 0.4) is 0 Å². The summed E-state index contributed by atoms with van der Waals surface area (Å²) in [6.45, 7) is 4.37. The Morgan fingerprint density at radius 2 is 0.982 bits per heavy atom. The van der Waals surface area contributed by atoms with Crippen molar-refractivity contribution in [3.63, 3.8) is 0 Å². The highest BCUT2D eigenvalue weighted by Gasteiger charge is 2.27. The molecule has 0 amide bonds. The zero-order valence-electron chi connectivity index (χ0n) is 36.2. The molecule has 0 fully saturated rings. The van der Waals surface area contributed by atoms with Crippen LogP contribution in [0.5, 0.6) is 0 Å². The number of carbonyl (C=O) groups is 2. The van der Waals surface area contributed by atoms with Gasteiger partial charge in [0.15, 0.2) is 6.10 Å². The SMILES string of the molecule is CCCCC/C=C\C/C=C\CCCCCCCCCC(=O)OC(COC(=O)CCCCCCC/C=C\CCCCCCC)COP(=O)(O)OCC[N+](C)(C)C. The molecule has 0 aliphatic carbocycles. The molecule has 0 aliphatic heterocycles. The topological polar surface area (TPSA) is 108 Å². The summed E-state index contributed by atoms with van der Waals surface area (Å²) >= 11 is 0. The van der Waals surface area contributed by atoms with Crippen molar-refractivity contribution < 1.29 is 42.1 Å². The van der Waals surface area contributed by atoms with E-state index in [4.69, 9.17) is 18.5 Å². The largest absolute Gasteiger partial charge is 0.472 e. The Labute approximate surface area is 338 Å². The minimum Gasteiger partial charge on any atom is -0.462 e. The summed E-state index contributed by atoms with van der Waals surface area (Å²) in [7, 11) is 1.47. The smallest absolute Gasteiger partial charge is 0.462 e. The monoisotopic (exact) mass is 799 g/mol. The van der Waals surface area contributed by atoms with Crippen LogP contribution in [0.4, 0.5) is 0 Å². The van der Waals surface area contributed by atoms with Crippen molar-refractivity contribution in [3.05, 3.63) is 36.5 Å². The second-order valence-electron chi connectivity index (χ2n) is 16.1. The summed E-state index contributed by atoms with van der Waals surface area (Å²) in [6, 6.07) is 0. The molecule has 0 aromatic heterocycles. The van der Waals surface area contributed by atoms with Gasteiger partial charge in [-0.3, -0.25) is 18.6 Å². The van der Waals surface area contributed by atoms with Gasteiger partial charge in [0.2, 0.25) is 0 Å². The van der Waals surface area contributed by atoms with E-state index in [1.54, 1.807) is 0 Å². The maximum Gasteiger partial charge on any atom is 0.472 e. The molecule has 2 atom stereocenters. The number of allylic oxidation sites excluding steroid dienone is 6. The van der Waals surface area contributed by atoms with Crippen LogP contribution in [-0.4, -0.2) is 74.9 Å². The van der Waals surface area contributed by atoms with Crippen LogP contribution in [0.25, 0.3) is 0 Å². The zero-order chi connectivity index (χ0) is 40.7. The van der Waals surface area contributed by atoms with Gasteiger partial charge < -0.3 is 18.9 Å². The van der Waals surface area contributed by atoms with Crippen LogP contribution in [0.2, 0.25) is 0 Å². The number of nitrogens with zero attached hydrogens (tertiary/aromatic N) is 1. The highest BCUT2D eigenvalue weighted by Crippen LogP contribution is 2.43. The number of quaternary nitrogens is 1. The molecule has 322 valence electrons. The first-order valence-corrected chi connectivity index (χ1v) is 23.7. The van der Waals surface area contributed by atoms with Gasteiger partial charge in [0, 0.05) is 12.8 Å². The Balaban J connectivity index is 4.38. The van der Waals surface area contributed by atoms with E-state index in [0.29, 0.717) is 17.4 Å². The van der Waals surface area contributed by atoms with Gasteiger partial charge in [0.1, 0.15) is 19.8 Å². The summed E-state index contributed by atoms with van der Waals surface area (Å²) in [6.07, 6.45) is 41.8. The third-order valence-corrected chi connectivity index (χ3v) is 10.4. The zero-order valence-corrected chi connectivity index (χ0v) is 37.1. The number of esters is 2. The van der Waals surface area contributed by atoms with Crippen molar-refractivity contribution in [1.82, 2.24) is 0 Å². The number of hydrogen-bond donors (Lipinski definition) is 1. The summed E-state index contributed by atoms with van der Waals surface area (Å²) in [5.74, 6) is -0.816. The molecule has 0 aromatic rings. The maximum absolute atomic E-state index is 12.7. The van der Waals surface area contributed by atoms with Crippen LogP contribution < -0.4 is 0 Å². The first-order chi connectivity index (χ1) is 26.5. The minimum atomic E-state index is -4.38. The number of phosphoric acid groups is 1. The predicted octanol–water partition coefficient (Wildman–Crippen LogP) is 12.5. The second kappa shape index (κ2) is 37.8. The first kappa shape index (κ1) is 53.2. The fourth-order valence-electron chi connectivity index (χ4n) is 5.86. The van der Waals surface area contributed by atoms with E-state index < -0.39 is 26.5 Å². The highest BCUT2D eigenvalue weighted by atomic mass is 31.2. The molecule has 0 aliphatic rings. The average Bonchev–Trinajstić information content (AvgIpc) is 3.13. The lowest BCUT2D eigenvalue weighted by Crippen LogP contribution is -2.37. The molecule has 0 radical (unpaired) electrons. The molecule has 2 unspecified atom stereocenters. The van der Waals surface area contributed by atoms with Crippen molar-refractivity contribution in [2.24, 2.45) is 0 Å². The third-order valence-electron chi connectivity index (χ3n) is 9.39. The molecule has 0 saturated carbocycles. The normalized spacial score (nSPS) is 13.9. The first-order valence-electron chi connectivity index (χ1n) is 22.2. The molecular weight excluding hydrogens is 713 g/mol. The summed E-state index contributed by atoms with van der Waals surface area (Å²) in [4.78, 5) is 35.4. The van der Waals surface area contributed by atoms with E-state index in [1.807, 2.05) is 21.1 Å². The van der Waals surface area contributed by atoms with Gasteiger partial charge in [0.25, 0.3) is 0 Å². The number of carbonyl (C=O) groups excluding carboxylic acids is 2. The van der Waals surface area contributed by atoms with Crippen molar-refractivity contribution in [1.29, 1.82) is 0 Å². The van der Waals surface area contributed by atoms with Crippen molar-refractivity contribution in [2.45, 2.75) is 193 Å². The molecular formula is C45H85NO8P+. The van der Waals surface area contributed by atoms with Gasteiger partial charge in [-0.25, -0.2) is 4.57 Å². The van der Waals surface area contributed by atoms with E-state index in [9.17, 15) is 19.0 Å². The number of phosphoric ester groups is 1. The quantitative estimate of drug-likeness (QED) is 0.0215. The highest BCUT2D eigenvalue weighted by molar-refractivity contribution is 7.47. The molecule has 1 N–H and O–H groups in total. The van der Waals surface area contributed by atoms with Gasteiger partial charge in [0.05, 0.1) is 27.7 Å². The van der Waals surface area contributed by atoms with Gasteiger partial charge in [-0.15, -0.1) is 0 Å². The average molecular weight is 799 g/mol. The second-order valence-corrected chi connectivity index (χ2v) is 17.5. The van der Waals surface area contributed by atoms with Gasteiger partial charge in [-0.2, -0.15) is 0 Å². The van der Waals surface area contributed by atoms with Crippen molar-refractivity contribution in [2.75, 3.05) is 47.5 Å². The molecule has 0 heterocycles. The van der Waals surface area contributed by atoms with E-state index in [1.165, 1.54) is 83.5 Å². The summed E-state index contributed by atoms with van der Waals surface area (Å²) < 4.78 is 34.3. The van der Waals surface area contributed by atoms with Crippen LogP contribution >= 0.6 is 7.82 Å². The predicted molar refractivity (Wildman–Crippen MR) is 229 cm³/mol. The minimum absolute atomic E-state index is 0.0286. The van der Waals surface area contributed by atoms with Crippen LogP contribution in [0.15, 0.2) is 36.5 Å².